The molecule has 0 aliphatic heterocycles. The molecule has 1 fully saturated rings. The van der Waals surface area contributed by atoms with Crippen LogP contribution in [0.25, 0.3) is 0 Å². The summed E-state index contributed by atoms with van der Waals surface area (Å²) in [4.78, 5) is 25.6. The maximum atomic E-state index is 11.7. The van der Waals surface area contributed by atoms with Crippen molar-refractivity contribution in [3.05, 3.63) is 33.2 Å². The fourth-order valence-corrected chi connectivity index (χ4v) is 3.81. The van der Waals surface area contributed by atoms with Crippen LogP contribution in [0.4, 0.5) is 0 Å². The molecule has 3 unspecified atom stereocenters. The summed E-state index contributed by atoms with van der Waals surface area (Å²) in [5, 5.41) is 9.03. The lowest BCUT2D eigenvalue weighted by molar-refractivity contribution is 0.0694. The summed E-state index contributed by atoms with van der Waals surface area (Å²) in [6.07, 6.45) is 1.03. The topological polar surface area (TPSA) is 70.2 Å². The molecule has 4 nitrogen and oxygen atoms in total. The average molecular weight is 247 g/mol. The predicted molar refractivity (Wildman–Crippen MR) is 67.1 cm³/mol. The lowest BCUT2D eigenvalue weighted by atomic mass is 9.68. The molecule has 0 saturated heterocycles. The van der Waals surface area contributed by atoms with E-state index in [1.54, 1.807) is 6.07 Å². The summed E-state index contributed by atoms with van der Waals surface area (Å²) in [6, 6.07) is 1.59. The Kier molecular flexibility index (Phi) is 2.08. The summed E-state index contributed by atoms with van der Waals surface area (Å²) in [5.41, 5.74) is 1.58. The van der Waals surface area contributed by atoms with Gasteiger partial charge in [-0.15, -0.1) is 0 Å². The van der Waals surface area contributed by atoms with Crippen molar-refractivity contribution in [2.75, 3.05) is 0 Å². The highest BCUT2D eigenvalue weighted by Gasteiger charge is 2.54. The lowest BCUT2D eigenvalue weighted by Gasteiger charge is -2.37. The zero-order valence-electron chi connectivity index (χ0n) is 10.8. The number of H-pyrrole nitrogens is 1. The lowest BCUT2D eigenvalue weighted by Crippen LogP contribution is -2.31. The maximum absolute atomic E-state index is 11.7. The van der Waals surface area contributed by atoms with Gasteiger partial charge in [0.05, 0.1) is 0 Å². The van der Waals surface area contributed by atoms with E-state index in [1.807, 2.05) is 0 Å². The Morgan fingerprint density at radius 3 is 2.78 bits per heavy atom. The van der Waals surface area contributed by atoms with E-state index in [0.717, 1.165) is 17.7 Å². The quantitative estimate of drug-likeness (QED) is 0.800. The molecule has 1 saturated carbocycles. The van der Waals surface area contributed by atoms with Crippen LogP contribution in [0.1, 0.15) is 60.6 Å². The highest BCUT2D eigenvalue weighted by Crippen LogP contribution is 2.64. The van der Waals surface area contributed by atoms with Crippen LogP contribution in [-0.4, -0.2) is 16.1 Å². The molecule has 1 aromatic heterocycles. The smallest absolute Gasteiger partial charge is 0.341 e. The van der Waals surface area contributed by atoms with E-state index >= 15 is 0 Å². The van der Waals surface area contributed by atoms with Gasteiger partial charge >= 0.3 is 5.97 Å². The van der Waals surface area contributed by atoms with Crippen LogP contribution < -0.4 is 5.56 Å². The first kappa shape index (κ1) is 11.5. The van der Waals surface area contributed by atoms with E-state index in [0.29, 0.717) is 17.8 Å². The van der Waals surface area contributed by atoms with E-state index in [4.69, 9.17) is 5.11 Å². The van der Waals surface area contributed by atoms with Gasteiger partial charge < -0.3 is 10.1 Å². The number of aromatic amines is 1. The summed E-state index contributed by atoms with van der Waals surface area (Å²) < 4.78 is 0. The van der Waals surface area contributed by atoms with Gasteiger partial charge in [-0.3, -0.25) is 4.79 Å². The molecule has 3 rings (SSSR count). The zero-order chi connectivity index (χ0) is 13.2. The zero-order valence-corrected chi connectivity index (χ0v) is 10.8. The minimum atomic E-state index is -1.15. The standard InChI is InChI=1S/C14H17NO3/c1-6-7-5-10(14(6,2)3)8-4-9(13(17)18)12(16)15-11(7)8/h4,6-7,10H,5H2,1-3H3,(H,15,16)(H,17,18). The monoisotopic (exact) mass is 247 g/mol. The van der Waals surface area contributed by atoms with Crippen LogP contribution in [0, 0.1) is 11.3 Å². The molecular weight excluding hydrogens is 230 g/mol. The number of carbonyl (C=O) groups is 1. The highest BCUT2D eigenvalue weighted by molar-refractivity contribution is 5.87. The molecule has 2 aliphatic carbocycles. The number of pyridine rings is 1. The first-order valence-corrected chi connectivity index (χ1v) is 6.34. The Balaban J connectivity index is 2.22. The molecule has 18 heavy (non-hydrogen) atoms. The maximum Gasteiger partial charge on any atom is 0.341 e. The molecule has 0 spiro atoms. The average Bonchev–Trinajstić information content (AvgIpc) is 2.74. The van der Waals surface area contributed by atoms with Crippen LogP contribution in [0.15, 0.2) is 10.9 Å². The Hall–Kier alpha value is -1.58. The number of hydrogen-bond donors (Lipinski definition) is 2. The van der Waals surface area contributed by atoms with Crippen molar-refractivity contribution < 1.29 is 9.90 Å². The molecule has 0 aromatic carbocycles. The summed E-state index contributed by atoms with van der Waals surface area (Å²) in [6.45, 7) is 6.69. The third-order valence-electron chi connectivity index (χ3n) is 5.25. The van der Waals surface area contributed by atoms with Crippen molar-refractivity contribution >= 4 is 5.97 Å². The van der Waals surface area contributed by atoms with Gasteiger partial charge in [-0.25, -0.2) is 4.79 Å². The van der Waals surface area contributed by atoms with Gasteiger partial charge in [0, 0.05) is 11.6 Å². The van der Waals surface area contributed by atoms with Crippen molar-refractivity contribution in [1.29, 1.82) is 0 Å². The molecule has 96 valence electrons. The second-order valence-electron chi connectivity index (χ2n) is 6.19. The molecule has 3 atom stereocenters. The number of hydrogen-bond acceptors (Lipinski definition) is 2. The minimum absolute atomic E-state index is 0.134. The van der Waals surface area contributed by atoms with Crippen molar-refractivity contribution in [3.8, 4) is 0 Å². The SMILES string of the molecule is CC1C2CC(c3cc(C(=O)O)c(=O)[nH]c32)C1(C)C. The summed E-state index contributed by atoms with van der Waals surface area (Å²) in [7, 11) is 0. The highest BCUT2D eigenvalue weighted by atomic mass is 16.4. The van der Waals surface area contributed by atoms with Crippen LogP contribution >= 0.6 is 0 Å². The predicted octanol–water partition coefficient (Wildman–Crippen LogP) is 2.32. The summed E-state index contributed by atoms with van der Waals surface area (Å²) in [5.74, 6) is 0.104. The number of nitrogens with one attached hydrogen (secondary N) is 1. The van der Waals surface area contributed by atoms with E-state index in [-0.39, 0.29) is 11.0 Å². The number of carboxylic acids is 1. The van der Waals surface area contributed by atoms with Gasteiger partial charge in [0.15, 0.2) is 0 Å². The third-order valence-corrected chi connectivity index (χ3v) is 5.25. The van der Waals surface area contributed by atoms with Gasteiger partial charge in [-0.1, -0.05) is 20.8 Å². The molecule has 2 aliphatic rings. The molecule has 2 bridgehead atoms. The Morgan fingerprint density at radius 2 is 2.17 bits per heavy atom. The largest absolute Gasteiger partial charge is 0.477 e. The number of aromatic carboxylic acids is 1. The first-order valence-electron chi connectivity index (χ1n) is 6.34. The second-order valence-corrected chi connectivity index (χ2v) is 6.19. The van der Waals surface area contributed by atoms with Crippen molar-refractivity contribution in [3.63, 3.8) is 0 Å². The van der Waals surface area contributed by atoms with Crippen LogP contribution in [-0.2, 0) is 0 Å². The van der Waals surface area contributed by atoms with Gasteiger partial charge in [0.2, 0.25) is 0 Å². The number of rotatable bonds is 1. The Morgan fingerprint density at radius 1 is 1.50 bits per heavy atom. The van der Waals surface area contributed by atoms with Crippen molar-refractivity contribution in [2.45, 2.75) is 39.0 Å². The molecule has 1 aromatic rings. The number of carboxylic acid groups (broad SMARTS) is 1. The summed E-state index contributed by atoms with van der Waals surface area (Å²) >= 11 is 0. The third kappa shape index (κ3) is 1.21. The Labute approximate surface area is 105 Å². The normalized spacial score (nSPS) is 31.4. The fourth-order valence-electron chi connectivity index (χ4n) is 3.81. The molecular formula is C14H17NO3. The molecule has 0 radical (unpaired) electrons. The minimum Gasteiger partial charge on any atom is -0.477 e. The van der Waals surface area contributed by atoms with Crippen molar-refractivity contribution in [2.24, 2.45) is 11.3 Å². The van der Waals surface area contributed by atoms with E-state index in [2.05, 4.69) is 25.8 Å². The first-order chi connectivity index (χ1) is 8.34. The Bertz CT molecular complexity index is 600. The molecule has 0 amide bonds. The van der Waals surface area contributed by atoms with Crippen LogP contribution in [0.5, 0.6) is 0 Å². The van der Waals surface area contributed by atoms with Gasteiger partial charge in [0.25, 0.3) is 5.56 Å². The van der Waals surface area contributed by atoms with E-state index < -0.39 is 11.5 Å². The molecule has 1 heterocycles. The van der Waals surface area contributed by atoms with Crippen LogP contribution in [0.2, 0.25) is 0 Å². The fraction of sp³-hybridized carbons (Fsp3) is 0.571. The van der Waals surface area contributed by atoms with Gasteiger partial charge in [-0.05, 0) is 35.3 Å². The van der Waals surface area contributed by atoms with Gasteiger partial charge in [-0.2, -0.15) is 0 Å². The van der Waals surface area contributed by atoms with Gasteiger partial charge in [0.1, 0.15) is 5.56 Å². The van der Waals surface area contributed by atoms with E-state index in [1.165, 1.54) is 0 Å². The number of aromatic nitrogens is 1. The van der Waals surface area contributed by atoms with Crippen molar-refractivity contribution in [1.82, 2.24) is 4.98 Å². The number of fused-ring (bicyclic) bond motifs is 5. The van der Waals surface area contributed by atoms with E-state index in [9.17, 15) is 9.59 Å². The second kappa shape index (κ2) is 3.25. The van der Waals surface area contributed by atoms with Crippen LogP contribution in [0.3, 0.4) is 0 Å². The molecule has 2 N–H and O–H groups in total. The molecule has 4 heteroatoms.